The molecule has 0 bridgehead atoms. The molecule has 1 aromatic carbocycles. The standard InChI is InChI=1S/C18H29NO2/c1-3-16(15-10-6-7-11-17(15)21-2)19-14-18(20)12-8-4-5-9-13-18/h6-7,10-11,16,19-20H,3-5,8-9,12-14H2,1-2H3. The number of benzene rings is 1. The molecule has 0 radical (unpaired) electrons. The molecule has 1 aliphatic carbocycles. The highest BCUT2D eigenvalue weighted by atomic mass is 16.5. The Hall–Kier alpha value is -1.06. The summed E-state index contributed by atoms with van der Waals surface area (Å²) in [7, 11) is 1.71. The summed E-state index contributed by atoms with van der Waals surface area (Å²) in [6.07, 6.45) is 7.62. The predicted molar refractivity (Wildman–Crippen MR) is 86.7 cm³/mol. The molecule has 1 unspecified atom stereocenters. The van der Waals surface area contributed by atoms with Crippen molar-refractivity contribution in [1.82, 2.24) is 5.32 Å². The minimum Gasteiger partial charge on any atom is -0.496 e. The zero-order valence-corrected chi connectivity index (χ0v) is 13.4. The number of hydrogen-bond acceptors (Lipinski definition) is 3. The average Bonchev–Trinajstić information content (AvgIpc) is 2.73. The molecule has 1 fully saturated rings. The first-order valence-electron chi connectivity index (χ1n) is 8.27. The van der Waals surface area contributed by atoms with Crippen LogP contribution in [0.25, 0.3) is 0 Å². The van der Waals surface area contributed by atoms with Crippen LogP contribution in [0, 0.1) is 0 Å². The van der Waals surface area contributed by atoms with E-state index in [1.165, 1.54) is 18.4 Å². The lowest BCUT2D eigenvalue weighted by molar-refractivity contribution is 0.0225. The van der Waals surface area contributed by atoms with Gasteiger partial charge in [-0.2, -0.15) is 0 Å². The van der Waals surface area contributed by atoms with Crippen molar-refractivity contribution in [3.05, 3.63) is 29.8 Å². The van der Waals surface area contributed by atoms with E-state index in [4.69, 9.17) is 4.74 Å². The predicted octanol–water partition coefficient (Wildman–Crippen LogP) is 3.82. The van der Waals surface area contributed by atoms with Crippen LogP contribution in [-0.4, -0.2) is 24.4 Å². The Morgan fingerprint density at radius 1 is 1.19 bits per heavy atom. The molecule has 3 nitrogen and oxygen atoms in total. The summed E-state index contributed by atoms with van der Waals surface area (Å²) in [5.41, 5.74) is 0.645. The number of para-hydroxylation sites is 1. The highest BCUT2D eigenvalue weighted by Crippen LogP contribution is 2.30. The van der Waals surface area contributed by atoms with Gasteiger partial charge in [0.1, 0.15) is 5.75 Å². The minimum absolute atomic E-state index is 0.230. The highest BCUT2D eigenvalue weighted by Gasteiger charge is 2.28. The van der Waals surface area contributed by atoms with Gasteiger partial charge in [0.2, 0.25) is 0 Å². The van der Waals surface area contributed by atoms with Gasteiger partial charge in [-0.25, -0.2) is 0 Å². The molecule has 118 valence electrons. The van der Waals surface area contributed by atoms with Crippen LogP contribution in [0.4, 0.5) is 0 Å². The Kier molecular flexibility index (Phi) is 6.07. The smallest absolute Gasteiger partial charge is 0.123 e. The molecule has 0 amide bonds. The van der Waals surface area contributed by atoms with E-state index in [9.17, 15) is 5.11 Å². The van der Waals surface area contributed by atoms with Crippen LogP contribution < -0.4 is 10.1 Å². The highest BCUT2D eigenvalue weighted by molar-refractivity contribution is 5.35. The van der Waals surface area contributed by atoms with Crippen LogP contribution in [0.2, 0.25) is 0 Å². The maximum atomic E-state index is 10.8. The number of methoxy groups -OCH3 is 1. The zero-order chi connectivity index (χ0) is 15.1. The van der Waals surface area contributed by atoms with E-state index in [0.29, 0.717) is 6.54 Å². The second-order valence-corrected chi connectivity index (χ2v) is 6.22. The van der Waals surface area contributed by atoms with E-state index in [0.717, 1.165) is 37.9 Å². The van der Waals surface area contributed by atoms with Crippen LogP contribution in [-0.2, 0) is 0 Å². The summed E-state index contributed by atoms with van der Waals surface area (Å²) in [4.78, 5) is 0. The van der Waals surface area contributed by atoms with Crippen LogP contribution >= 0.6 is 0 Å². The molecule has 3 heteroatoms. The Morgan fingerprint density at radius 2 is 1.86 bits per heavy atom. The largest absolute Gasteiger partial charge is 0.496 e. The number of aliphatic hydroxyl groups is 1. The van der Waals surface area contributed by atoms with E-state index in [1.54, 1.807) is 7.11 Å². The van der Waals surface area contributed by atoms with Gasteiger partial charge in [0.05, 0.1) is 12.7 Å². The molecule has 0 spiro atoms. The molecular weight excluding hydrogens is 262 g/mol. The topological polar surface area (TPSA) is 41.5 Å². The molecule has 0 heterocycles. The van der Waals surface area contributed by atoms with E-state index < -0.39 is 5.60 Å². The van der Waals surface area contributed by atoms with E-state index >= 15 is 0 Å². The normalized spacial score (nSPS) is 19.8. The minimum atomic E-state index is -0.536. The van der Waals surface area contributed by atoms with Crippen LogP contribution in [0.1, 0.15) is 63.5 Å². The van der Waals surface area contributed by atoms with Gasteiger partial charge < -0.3 is 15.2 Å². The zero-order valence-electron chi connectivity index (χ0n) is 13.4. The summed E-state index contributed by atoms with van der Waals surface area (Å²) in [6, 6.07) is 8.38. The SMILES string of the molecule is CCC(NCC1(O)CCCCCC1)c1ccccc1OC. The van der Waals surface area contributed by atoms with Gasteiger partial charge in [-0.05, 0) is 25.3 Å². The number of nitrogens with one attached hydrogen (secondary N) is 1. The quantitative estimate of drug-likeness (QED) is 0.783. The Bertz CT molecular complexity index is 425. The van der Waals surface area contributed by atoms with E-state index in [-0.39, 0.29) is 6.04 Å². The van der Waals surface area contributed by atoms with Crippen molar-refractivity contribution in [2.45, 2.75) is 63.5 Å². The summed E-state index contributed by atoms with van der Waals surface area (Å²) in [6.45, 7) is 2.84. The van der Waals surface area contributed by atoms with Gasteiger partial charge in [0.25, 0.3) is 0 Å². The molecule has 0 saturated heterocycles. The van der Waals surface area contributed by atoms with Crippen LogP contribution in [0.15, 0.2) is 24.3 Å². The van der Waals surface area contributed by atoms with Crippen molar-refractivity contribution in [2.75, 3.05) is 13.7 Å². The van der Waals surface area contributed by atoms with E-state index in [1.807, 2.05) is 18.2 Å². The molecule has 1 aliphatic rings. The summed E-state index contributed by atoms with van der Waals surface area (Å²) in [5, 5.41) is 14.3. The van der Waals surface area contributed by atoms with Gasteiger partial charge in [-0.1, -0.05) is 50.8 Å². The number of rotatable bonds is 6. The van der Waals surface area contributed by atoms with Crippen molar-refractivity contribution >= 4 is 0 Å². The average molecular weight is 291 g/mol. The third-order valence-electron chi connectivity index (χ3n) is 4.63. The third-order valence-corrected chi connectivity index (χ3v) is 4.63. The first-order chi connectivity index (χ1) is 10.2. The van der Waals surface area contributed by atoms with Crippen molar-refractivity contribution in [1.29, 1.82) is 0 Å². The second-order valence-electron chi connectivity index (χ2n) is 6.22. The fraction of sp³-hybridized carbons (Fsp3) is 0.667. The van der Waals surface area contributed by atoms with Crippen molar-refractivity contribution in [2.24, 2.45) is 0 Å². The monoisotopic (exact) mass is 291 g/mol. The fourth-order valence-corrected chi connectivity index (χ4v) is 3.31. The molecule has 1 aromatic rings. The lowest BCUT2D eigenvalue weighted by Crippen LogP contribution is -2.41. The van der Waals surface area contributed by atoms with Crippen molar-refractivity contribution in [3.63, 3.8) is 0 Å². The van der Waals surface area contributed by atoms with Gasteiger partial charge in [-0.3, -0.25) is 0 Å². The van der Waals surface area contributed by atoms with Crippen LogP contribution in [0.5, 0.6) is 5.75 Å². The van der Waals surface area contributed by atoms with Gasteiger partial charge >= 0.3 is 0 Å². The molecular formula is C18H29NO2. The van der Waals surface area contributed by atoms with Crippen molar-refractivity contribution in [3.8, 4) is 5.75 Å². The molecule has 21 heavy (non-hydrogen) atoms. The Balaban J connectivity index is 2.01. The molecule has 1 saturated carbocycles. The number of ether oxygens (including phenoxy) is 1. The lowest BCUT2D eigenvalue weighted by atomic mass is 9.93. The second kappa shape index (κ2) is 7.81. The summed E-state index contributed by atoms with van der Waals surface area (Å²) >= 11 is 0. The maximum absolute atomic E-state index is 10.8. The molecule has 2 rings (SSSR count). The van der Waals surface area contributed by atoms with Crippen LogP contribution in [0.3, 0.4) is 0 Å². The van der Waals surface area contributed by atoms with Gasteiger partial charge in [-0.15, -0.1) is 0 Å². The summed E-state index contributed by atoms with van der Waals surface area (Å²) < 4.78 is 5.46. The number of hydrogen-bond donors (Lipinski definition) is 2. The lowest BCUT2D eigenvalue weighted by Gasteiger charge is -2.30. The third kappa shape index (κ3) is 4.45. The molecule has 0 aliphatic heterocycles. The van der Waals surface area contributed by atoms with E-state index in [2.05, 4.69) is 18.3 Å². The Morgan fingerprint density at radius 3 is 2.48 bits per heavy atom. The molecule has 1 atom stereocenters. The van der Waals surface area contributed by atoms with Gasteiger partial charge in [0.15, 0.2) is 0 Å². The van der Waals surface area contributed by atoms with Crippen molar-refractivity contribution < 1.29 is 9.84 Å². The first-order valence-corrected chi connectivity index (χ1v) is 8.27. The fourth-order valence-electron chi connectivity index (χ4n) is 3.31. The molecule has 0 aromatic heterocycles. The summed E-state index contributed by atoms with van der Waals surface area (Å²) in [5.74, 6) is 0.921. The Labute approximate surface area is 128 Å². The maximum Gasteiger partial charge on any atom is 0.123 e. The first kappa shape index (κ1) is 16.3. The molecule has 2 N–H and O–H groups in total. The van der Waals surface area contributed by atoms with Gasteiger partial charge in [0, 0.05) is 18.2 Å².